The van der Waals surface area contributed by atoms with Crippen LogP contribution >= 0.6 is 12.4 Å². The summed E-state index contributed by atoms with van der Waals surface area (Å²) >= 11 is 0. The Labute approximate surface area is 155 Å². The van der Waals surface area contributed by atoms with Gasteiger partial charge in [-0.05, 0) is 31.9 Å². The van der Waals surface area contributed by atoms with Crippen molar-refractivity contribution in [2.45, 2.75) is 45.8 Å². The molecule has 140 valence electrons. The molecule has 1 heterocycles. The van der Waals surface area contributed by atoms with Gasteiger partial charge in [0.05, 0.1) is 11.2 Å². The maximum Gasteiger partial charge on any atom is 0.267 e. The summed E-state index contributed by atoms with van der Waals surface area (Å²) in [6.45, 7) is 8.39. The van der Waals surface area contributed by atoms with Gasteiger partial charge in [0.15, 0.2) is 6.10 Å². The van der Waals surface area contributed by atoms with Crippen molar-refractivity contribution >= 4 is 29.9 Å². The number of halogens is 1. The number of nitrogens with zero attached hydrogens (tertiary/aromatic N) is 1. The average molecular weight is 370 g/mol. The largest absolute Gasteiger partial charge is 0.479 e. The van der Waals surface area contributed by atoms with Crippen LogP contribution in [0, 0.1) is 5.92 Å². The molecule has 1 aromatic rings. The summed E-state index contributed by atoms with van der Waals surface area (Å²) in [7, 11) is 0. The van der Waals surface area contributed by atoms with E-state index in [0.29, 0.717) is 24.5 Å². The molecule has 2 unspecified atom stereocenters. The topological polar surface area (TPSA) is 84.7 Å². The molecule has 0 fully saturated rings. The number of benzene rings is 1. The smallest absolute Gasteiger partial charge is 0.267 e. The van der Waals surface area contributed by atoms with E-state index in [0.717, 1.165) is 0 Å². The van der Waals surface area contributed by atoms with E-state index < -0.39 is 11.6 Å². The molecule has 0 bridgehead atoms. The van der Waals surface area contributed by atoms with Crippen LogP contribution in [-0.4, -0.2) is 36.5 Å². The van der Waals surface area contributed by atoms with E-state index in [9.17, 15) is 9.59 Å². The highest BCUT2D eigenvalue weighted by atomic mass is 35.5. The van der Waals surface area contributed by atoms with Gasteiger partial charge < -0.3 is 20.7 Å². The lowest BCUT2D eigenvalue weighted by atomic mass is 9.88. The Bertz CT molecular complexity index is 623. The monoisotopic (exact) mass is 369 g/mol. The van der Waals surface area contributed by atoms with Crippen LogP contribution in [0.3, 0.4) is 0 Å². The lowest BCUT2D eigenvalue weighted by Crippen LogP contribution is -2.55. The molecule has 2 rings (SSSR count). The van der Waals surface area contributed by atoms with E-state index in [1.54, 1.807) is 11.8 Å². The molecule has 0 aromatic heterocycles. The summed E-state index contributed by atoms with van der Waals surface area (Å²) in [6.07, 6.45) is -0.331. The highest BCUT2D eigenvalue weighted by Gasteiger charge is 2.32. The van der Waals surface area contributed by atoms with Crippen LogP contribution in [0.25, 0.3) is 0 Å². The molecule has 7 heteroatoms. The second-order valence-electron chi connectivity index (χ2n) is 6.79. The predicted molar refractivity (Wildman–Crippen MR) is 101 cm³/mol. The van der Waals surface area contributed by atoms with Crippen LogP contribution in [0.1, 0.15) is 34.1 Å². The number of nitrogens with one attached hydrogen (secondary N) is 1. The van der Waals surface area contributed by atoms with Crippen molar-refractivity contribution in [3.05, 3.63) is 24.3 Å². The van der Waals surface area contributed by atoms with E-state index >= 15 is 0 Å². The van der Waals surface area contributed by atoms with Crippen molar-refractivity contribution in [1.29, 1.82) is 0 Å². The quantitative estimate of drug-likeness (QED) is 0.804. The van der Waals surface area contributed by atoms with Crippen molar-refractivity contribution in [2.24, 2.45) is 11.7 Å². The Hall–Kier alpha value is -1.79. The summed E-state index contributed by atoms with van der Waals surface area (Å²) < 4.78 is 5.60. The van der Waals surface area contributed by atoms with Crippen LogP contribution in [-0.2, 0) is 9.59 Å². The molecule has 0 saturated carbocycles. The first-order chi connectivity index (χ1) is 11.3. The van der Waals surface area contributed by atoms with Gasteiger partial charge in [-0.25, -0.2) is 0 Å². The lowest BCUT2D eigenvalue weighted by Gasteiger charge is -2.35. The Morgan fingerprint density at radius 3 is 2.64 bits per heavy atom. The maximum absolute atomic E-state index is 12.4. The first-order valence-corrected chi connectivity index (χ1v) is 8.36. The summed E-state index contributed by atoms with van der Waals surface area (Å²) in [4.78, 5) is 26.4. The van der Waals surface area contributed by atoms with Crippen LogP contribution in [0.15, 0.2) is 24.3 Å². The number of fused-ring (bicyclic) bond motifs is 1. The normalized spacial score (nSPS) is 18.7. The molecule has 3 N–H and O–H groups in total. The number of rotatable bonds is 6. The number of hydrogen-bond donors (Lipinski definition) is 2. The van der Waals surface area contributed by atoms with Gasteiger partial charge in [-0.2, -0.15) is 0 Å². The minimum atomic E-state index is -0.548. The van der Waals surface area contributed by atoms with E-state index in [1.165, 1.54) is 0 Å². The van der Waals surface area contributed by atoms with Crippen molar-refractivity contribution in [1.82, 2.24) is 5.32 Å². The van der Waals surface area contributed by atoms with Crippen molar-refractivity contribution in [3.8, 4) is 5.75 Å². The number of anilines is 1. The average Bonchev–Trinajstić information content (AvgIpc) is 2.55. The van der Waals surface area contributed by atoms with Gasteiger partial charge in [0.2, 0.25) is 5.91 Å². The molecular formula is C18H28ClN3O3. The molecule has 0 aliphatic carbocycles. The highest BCUT2D eigenvalue weighted by Crippen LogP contribution is 2.33. The van der Waals surface area contributed by atoms with E-state index in [4.69, 9.17) is 10.5 Å². The first-order valence-electron chi connectivity index (χ1n) is 8.36. The minimum absolute atomic E-state index is 0. The fraction of sp³-hybridized carbons (Fsp3) is 0.556. The fourth-order valence-corrected chi connectivity index (χ4v) is 2.61. The number of carbonyl (C=O) groups excluding carboxylic acids is 2. The molecule has 1 aliphatic heterocycles. The molecule has 1 aromatic carbocycles. The first kappa shape index (κ1) is 21.3. The minimum Gasteiger partial charge on any atom is -0.479 e. The summed E-state index contributed by atoms with van der Waals surface area (Å²) in [5, 5.41) is 3.00. The molecule has 25 heavy (non-hydrogen) atoms. The second-order valence-corrected chi connectivity index (χ2v) is 6.79. The molecule has 0 saturated heterocycles. The molecule has 2 atom stereocenters. The number of para-hydroxylation sites is 2. The van der Waals surface area contributed by atoms with Crippen LogP contribution in [0.4, 0.5) is 5.69 Å². The number of ether oxygens (including phenoxy) is 1. The van der Waals surface area contributed by atoms with Gasteiger partial charge in [-0.3, -0.25) is 9.59 Å². The van der Waals surface area contributed by atoms with E-state index in [1.807, 2.05) is 45.0 Å². The molecule has 0 spiro atoms. The third kappa shape index (κ3) is 4.64. The van der Waals surface area contributed by atoms with Crippen molar-refractivity contribution in [2.75, 3.05) is 18.0 Å². The molecule has 0 radical (unpaired) electrons. The highest BCUT2D eigenvalue weighted by molar-refractivity contribution is 6.00. The SMILES string of the molecule is CC1Oc2ccccc2N(CCC(=O)NC(C)(CN)C(C)C)C1=O.Cl. The third-order valence-corrected chi connectivity index (χ3v) is 4.76. The van der Waals surface area contributed by atoms with Gasteiger partial charge in [-0.15, -0.1) is 12.4 Å². The zero-order chi connectivity index (χ0) is 17.9. The molecule has 2 amide bonds. The van der Waals surface area contributed by atoms with Crippen LogP contribution < -0.4 is 20.7 Å². The van der Waals surface area contributed by atoms with E-state index in [2.05, 4.69) is 5.32 Å². The van der Waals surface area contributed by atoms with Gasteiger partial charge >= 0.3 is 0 Å². The summed E-state index contributed by atoms with van der Waals surface area (Å²) in [6, 6.07) is 7.37. The standard InChI is InChI=1S/C18H27N3O3.ClH/c1-12(2)18(4,11-19)20-16(22)9-10-21-14-7-5-6-8-15(14)24-13(3)17(21)23;/h5-8,12-13H,9-11,19H2,1-4H3,(H,20,22);1H. The fourth-order valence-electron chi connectivity index (χ4n) is 2.61. The van der Waals surface area contributed by atoms with Gasteiger partial charge in [-0.1, -0.05) is 26.0 Å². The number of hydrogen-bond acceptors (Lipinski definition) is 4. The van der Waals surface area contributed by atoms with Crippen LogP contribution in [0.2, 0.25) is 0 Å². The zero-order valence-corrected chi connectivity index (χ0v) is 16.1. The Balaban J connectivity index is 0.00000312. The molecule has 6 nitrogen and oxygen atoms in total. The van der Waals surface area contributed by atoms with Crippen LogP contribution in [0.5, 0.6) is 5.75 Å². The van der Waals surface area contributed by atoms with E-state index in [-0.39, 0.29) is 36.6 Å². The maximum atomic E-state index is 12.4. The van der Waals surface area contributed by atoms with Crippen molar-refractivity contribution in [3.63, 3.8) is 0 Å². The zero-order valence-electron chi connectivity index (χ0n) is 15.2. The summed E-state index contributed by atoms with van der Waals surface area (Å²) in [5.41, 5.74) is 6.06. The lowest BCUT2D eigenvalue weighted by molar-refractivity contribution is -0.126. The Kier molecular flexibility index (Phi) is 7.26. The van der Waals surface area contributed by atoms with Gasteiger partial charge in [0, 0.05) is 19.5 Å². The van der Waals surface area contributed by atoms with Gasteiger partial charge in [0.1, 0.15) is 5.75 Å². The number of nitrogens with two attached hydrogens (primary N) is 1. The predicted octanol–water partition coefficient (Wildman–Crippen LogP) is 2.10. The third-order valence-electron chi connectivity index (χ3n) is 4.76. The molecular weight excluding hydrogens is 342 g/mol. The molecule has 1 aliphatic rings. The van der Waals surface area contributed by atoms with Crippen molar-refractivity contribution < 1.29 is 14.3 Å². The summed E-state index contributed by atoms with van der Waals surface area (Å²) in [5.74, 6) is 0.643. The number of carbonyl (C=O) groups is 2. The number of amides is 2. The van der Waals surface area contributed by atoms with Gasteiger partial charge in [0.25, 0.3) is 5.91 Å². The Morgan fingerprint density at radius 2 is 2.04 bits per heavy atom. The Morgan fingerprint density at radius 1 is 1.40 bits per heavy atom. The second kappa shape index (κ2) is 8.54.